The topological polar surface area (TPSA) is 85.0 Å². The number of urea groups is 1. The molecule has 2 saturated heterocycles. The Morgan fingerprint density at radius 3 is 2.38 bits per heavy atom. The first-order valence-electron chi connectivity index (χ1n) is 11.2. The number of hydrazine groups is 1. The molecule has 180 valence electrons. The Balaban J connectivity index is 1.31. The van der Waals surface area contributed by atoms with E-state index in [2.05, 4.69) is 15.6 Å². The van der Waals surface area contributed by atoms with Gasteiger partial charge in [-0.05, 0) is 24.1 Å². The van der Waals surface area contributed by atoms with Crippen molar-refractivity contribution in [2.45, 2.75) is 25.4 Å². The van der Waals surface area contributed by atoms with E-state index in [0.717, 1.165) is 5.01 Å². The monoisotopic (exact) mass is 487 g/mol. The molecule has 0 saturated carbocycles. The van der Waals surface area contributed by atoms with Crippen LogP contribution in [0.2, 0.25) is 5.02 Å². The first-order chi connectivity index (χ1) is 16.3. The lowest BCUT2D eigenvalue weighted by Gasteiger charge is -2.34. The van der Waals surface area contributed by atoms with Gasteiger partial charge in [0.25, 0.3) is 11.8 Å². The zero-order valence-electron chi connectivity index (χ0n) is 18.9. The van der Waals surface area contributed by atoms with Crippen LogP contribution in [0.1, 0.15) is 24.5 Å². The number of nitrogens with zero attached hydrogens (tertiary/aromatic N) is 3. The van der Waals surface area contributed by atoms with Gasteiger partial charge in [0.2, 0.25) is 0 Å². The summed E-state index contributed by atoms with van der Waals surface area (Å²) in [6.07, 6.45) is 0.349. The van der Waals surface area contributed by atoms with Gasteiger partial charge in [-0.25, -0.2) is 9.18 Å². The fourth-order valence-corrected chi connectivity index (χ4v) is 4.64. The first kappa shape index (κ1) is 24.1. The lowest BCUT2D eigenvalue weighted by Crippen LogP contribution is -2.53. The van der Waals surface area contributed by atoms with Crippen molar-refractivity contribution in [3.8, 4) is 0 Å². The Bertz CT molecular complexity index is 1060. The van der Waals surface area contributed by atoms with E-state index >= 15 is 0 Å². The van der Waals surface area contributed by atoms with Crippen LogP contribution in [-0.4, -0.2) is 65.4 Å². The summed E-state index contributed by atoms with van der Waals surface area (Å²) in [6.45, 7) is 4.68. The highest BCUT2D eigenvalue weighted by atomic mass is 35.5. The number of imide groups is 1. The second-order valence-corrected chi connectivity index (χ2v) is 8.89. The molecule has 10 heteroatoms. The van der Waals surface area contributed by atoms with Crippen LogP contribution in [0.3, 0.4) is 0 Å². The minimum atomic E-state index is -1.20. The fraction of sp³-hybridized carbons (Fsp3) is 0.375. The fourth-order valence-electron chi connectivity index (χ4n) is 4.41. The number of hydrogen-bond donors (Lipinski definition) is 2. The smallest absolute Gasteiger partial charge is 0.318 e. The van der Waals surface area contributed by atoms with Gasteiger partial charge in [0.15, 0.2) is 0 Å². The molecule has 0 radical (unpaired) electrons. The summed E-state index contributed by atoms with van der Waals surface area (Å²) in [5, 5.41) is 3.91. The highest BCUT2D eigenvalue weighted by molar-refractivity contribution is 6.31. The predicted molar refractivity (Wildman–Crippen MR) is 125 cm³/mol. The van der Waals surface area contributed by atoms with Gasteiger partial charge in [-0.1, -0.05) is 54.9 Å². The molecule has 1 unspecified atom stereocenters. The van der Waals surface area contributed by atoms with E-state index in [4.69, 9.17) is 11.6 Å². The molecule has 2 aliphatic rings. The van der Waals surface area contributed by atoms with Gasteiger partial charge in [-0.15, -0.1) is 0 Å². The van der Waals surface area contributed by atoms with Crippen molar-refractivity contribution < 1.29 is 18.8 Å². The molecule has 0 aliphatic carbocycles. The van der Waals surface area contributed by atoms with E-state index in [9.17, 15) is 18.8 Å². The minimum absolute atomic E-state index is 0.0375. The molecule has 34 heavy (non-hydrogen) atoms. The number of hydrogen-bond acceptors (Lipinski definition) is 5. The Morgan fingerprint density at radius 1 is 1.06 bits per heavy atom. The number of benzene rings is 2. The first-order valence-corrected chi connectivity index (χ1v) is 11.6. The molecule has 0 bridgehead atoms. The lowest BCUT2D eigenvalue weighted by atomic mass is 9.87. The number of amides is 4. The number of nitrogens with one attached hydrogen (secondary N) is 2. The number of rotatable bonds is 7. The third-order valence-corrected chi connectivity index (χ3v) is 6.75. The molecular formula is C24H27ClFN5O3. The third kappa shape index (κ3) is 4.77. The van der Waals surface area contributed by atoms with Gasteiger partial charge in [0.05, 0.1) is 6.54 Å². The second kappa shape index (κ2) is 10.1. The van der Waals surface area contributed by atoms with Crippen LogP contribution >= 0.6 is 11.6 Å². The summed E-state index contributed by atoms with van der Waals surface area (Å²) in [4.78, 5) is 42.3. The van der Waals surface area contributed by atoms with Gasteiger partial charge >= 0.3 is 6.03 Å². The lowest BCUT2D eigenvalue weighted by molar-refractivity contribution is -0.140. The number of halogens is 2. The molecule has 2 aromatic rings. The summed E-state index contributed by atoms with van der Waals surface area (Å²) in [5.74, 6) is -1.29. The number of piperazine rings is 1. The predicted octanol–water partition coefficient (Wildman–Crippen LogP) is 2.49. The Labute approximate surface area is 202 Å². The Kier molecular flexibility index (Phi) is 7.16. The zero-order valence-corrected chi connectivity index (χ0v) is 19.6. The Morgan fingerprint density at radius 2 is 1.74 bits per heavy atom. The van der Waals surface area contributed by atoms with Crippen molar-refractivity contribution in [3.05, 3.63) is 70.5 Å². The molecular weight excluding hydrogens is 461 g/mol. The van der Waals surface area contributed by atoms with Crippen LogP contribution < -0.4 is 10.7 Å². The average Bonchev–Trinajstić information content (AvgIpc) is 3.08. The van der Waals surface area contributed by atoms with Gasteiger partial charge < -0.3 is 5.32 Å². The zero-order chi connectivity index (χ0) is 24.3. The molecule has 2 aliphatic heterocycles. The van der Waals surface area contributed by atoms with Crippen molar-refractivity contribution in [1.29, 1.82) is 0 Å². The maximum Gasteiger partial charge on any atom is 0.344 e. The van der Waals surface area contributed by atoms with Crippen LogP contribution in [0, 0.1) is 5.82 Å². The van der Waals surface area contributed by atoms with E-state index < -0.39 is 23.4 Å². The summed E-state index contributed by atoms with van der Waals surface area (Å²) in [5.41, 5.74) is 2.39. The van der Waals surface area contributed by atoms with Crippen LogP contribution in [-0.2, 0) is 21.7 Å². The Hall–Kier alpha value is -3.01. The number of carbonyl (C=O) groups excluding carboxylic acids is 3. The van der Waals surface area contributed by atoms with E-state index in [0.29, 0.717) is 55.3 Å². The SMILES string of the molecule is CCC1(c2ccccc2)NC(=O)N(NC(=O)CN2CCN(Cc3c(F)cccc3Cl)CC2)C1=O. The summed E-state index contributed by atoms with van der Waals surface area (Å²) in [6, 6.07) is 13.0. The van der Waals surface area contributed by atoms with Gasteiger partial charge in [0, 0.05) is 43.3 Å². The summed E-state index contributed by atoms with van der Waals surface area (Å²) in [7, 11) is 0. The molecule has 8 nitrogen and oxygen atoms in total. The molecule has 4 rings (SSSR count). The second-order valence-electron chi connectivity index (χ2n) is 8.48. The molecule has 2 fully saturated rings. The highest BCUT2D eigenvalue weighted by Gasteiger charge is 2.52. The highest BCUT2D eigenvalue weighted by Crippen LogP contribution is 2.31. The number of carbonyl (C=O) groups is 3. The van der Waals surface area contributed by atoms with Crippen molar-refractivity contribution in [1.82, 2.24) is 25.6 Å². The quantitative estimate of drug-likeness (QED) is 0.586. The van der Waals surface area contributed by atoms with Gasteiger partial charge in [0.1, 0.15) is 11.4 Å². The largest absolute Gasteiger partial charge is 0.344 e. The van der Waals surface area contributed by atoms with Crippen molar-refractivity contribution in [2.75, 3.05) is 32.7 Å². The maximum atomic E-state index is 14.1. The third-order valence-electron chi connectivity index (χ3n) is 6.40. The molecule has 2 aromatic carbocycles. The standard InChI is InChI=1S/C24H27ClFN5O3/c1-2-24(17-7-4-3-5-8-17)22(33)31(23(34)27-24)28-21(32)16-30-13-11-29(12-14-30)15-18-19(25)9-6-10-20(18)26/h3-10H,2,11-16H2,1H3,(H,27,34)(H,28,32). The van der Waals surface area contributed by atoms with Gasteiger partial charge in [-0.3, -0.25) is 24.8 Å². The van der Waals surface area contributed by atoms with Crippen LogP contribution in [0.25, 0.3) is 0 Å². The molecule has 4 amide bonds. The van der Waals surface area contributed by atoms with Crippen LogP contribution in [0.5, 0.6) is 0 Å². The maximum absolute atomic E-state index is 14.1. The van der Waals surface area contributed by atoms with E-state index in [1.54, 1.807) is 36.4 Å². The van der Waals surface area contributed by atoms with Crippen molar-refractivity contribution >= 4 is 29.4 Å². The summed E-state index contributed by atoms with van der Waals surface area (Å²) < 4.78 is 14.1. The molecule has 1 atom stereocenters. The van der Waals surface area contributed by atoms with Crippen molar-refractivity contribution in [2.24, 2.45) is 0 Å². The van der Waals surface area contributed by atoms with Gasteiger partial charge in [-0.2, -0.15) is 5.01 Å². The summed E-state index contributed by atoms with van der Waals surface area (Å²) >= 11 is 6.13. The molecule has 0 aromatic heterocycles. The molecule has 2 N–H and O–H groups in total. The van der Waals surface area contributed by atoms with E-state index in [-0.39, 0.29) is 12.4 Å². The van der Waals surface area contributed by atoms with Crippen LogP contribution in [0.4, 0.5) is 9.18 Å². The minimum Gasteiger partial charge on any atom is -0.318 e. The van der Waals surface area contributed by atoms with E-state index in [1.165, 1.54) is 6.07 Å². The normalized spacial score (nSPS) is 21.6. The average molecular weight is 488 g/mol. The van der Waals surface area contributed by atoms with Crippen LogP contribution in [0.15, 0.2) is 48.5 Å². The van der Waals surface area contributed by atoms with Crippen molar-refractivity contribution in [3.63, 3.8) is 0 Å². The molecule has 2 heterocycles. The van der Waals surface area contributed by atoms with E-state index in [1.807, 2.05) is 17.9 Å². The molecule has 0 spiro atoms.